The van der Waals surface area contributed by atoms with Crippen LogP contribution in [0.25, 0.3) is 0 Å². The van der Waals surface area contributed by atoms with Crippen LogP contribution in [0.4, 0.5) is 0 Å². The summed E-state index contributed by atoms with van der Waals surface area (Å²) in [6.07, 6.45) is 2.13. The highest BCUT2D eigenvalue weighted by Crippen LogP contribution is 1.92. The molecule has 2 nitrogen and oxygen atoms in total. The van der Waals surface area contributed by atoms with Crippen LogP contribution in [0.2, 0.25) is 0 Å². The summed E-state index contributed by atoms with van der Waals surface area (Å²) in [6, 6.07) is 10.3. The number of benzene rings is 1. The molecule has 2 heteroatoms. The number of esters is 1. The summed E-state index contributed by atoms with van der Waals surface area (Å²) in [5.74, 6) is -0.477. The Morgan fingerprint density at radius 1 is 1.29 bits per heavy atom. The van der Waals surface area contributed by atoms with Gasteiger partial charge in [0.1, 0.15) is 0 Å². The van der Waals surface area contributed by atoms with Crippen molar-refractivity contribution in [2.75, 3.05) is 0 Å². The first-order valence-corrected chi connectivity index (χ1v) is 4.16. The second-order valence-corrected chi connectivity index (χ2v) is 2.46. The predicted octanol–water partition coefficient (Wildman–Crippen LogP) is 2.85. The molecule has 1 rings (SSSR count). The Kier molecular flexibility index (Phi) is 6.78. The lowest BCUT2D eigenvalue weighted by atomic mass is 10.2. The molecule has 0 aliphatic carbocycles. The highest BCUT2D eigenvalue weighted by molar-refractivity contribution is 5.81. The van der Waals surface area contributed by atoms with Gasteiger partial charge in [-0.2, -0.15) is 0 Å². The first-order valence-electron chi connectivity index (χ1n) is 4.16. The fraction of sp³-hybridized carbons (Fsp3) is 0.0833. The average molecular weight is 190 g/mol. The van der Waals surface area contributed by atoms with Crippen molar-refractivity contribution >= 4 is 5.97 Å². The molecule has 0 heterocycles. The largest absolute Gasteiger partial charge is 0.432 e. The molecule has 74 valence electrons. The van der Waals surface area contributed by atoms with E-state index in [0.717, 1.165) is 12.3 Å². The van der Waals surface area contributed by atoms with Crippen LogP contribution in [0.5, 0.6) is 0 Å². The maximum Gasteiger partial charge on any atom is 0.334 e. The number of carbonyl (C=O) groups excluding carboxylic acids is 1. The second-order valence-electron chi connectivity index (χ2n) is 2.46. The van der Waals surface area contributed by atoms with E-state index in [1.807, 2.05) is 18.2 Å². The van der Waals surface area contributed by atoms with Gasteiger partial charge in [-0.1, -0.05) is 49.1 Å². The molecule has 0 N–H and O–H groups in total. The van der Waals surface area contributed by atoms with Gasteiger partial charge in [-0.05, 0) is 6.92 Å². The van der Waals surface area contributed by atoms with Crippen LogP contribution in [-0.2, 0) is 9.53 Å². The zero-order valence-electron chi connectivity index (χ0n) is 8.27. The standard InChI is InChI=1S/C7H8.C5H6O2/c1-7-5-3-2-4-6-7;1-3-5(6)7-4-2/h2-6H,1H3;3-4H,1-2H2. The van der Waals surface area contributed by atoms with E-state index in [2.05, 4.69) is 37.0 Å². The molecule has 0 atom stereocenters. The molecule has 0 spiro atoms. The average Bonchev–Trinajstić information content (AvgIpc) is 2.20. The summed E-state index contributed by atoms with van der Waals surface area (Å²) in [4.78, 5) is 10.0. The Balaban J connectivity index is 0.000000241. The molecule has 1 aromatic rings. The van der Waals surface area contributed by atoms with Crippen LogP contribution < -0.4 is 0 Å². The fourth-order valence-electron chi connectivity index (χ4n) is 0.665. The molecule has 0 bridgehead atoms. The predicted molar refractivity (Wildman–Crippen MR) is 57.7 cm³/mol. The smallest absolute Gasteiger partial charge is 0.334 e. The van der Waals surface area contributed by atoms with Crippen LogP contribution in [0.3, 0.4) is 0 Å². The monoisotopic (exact) mass is 190 g/mol. The molecule has 0 saturated carbocycles. The molecular weight excluding hydrogens is 176 g/mol. The van der Waals surface area contributed by atoms with Crippen molar-refractivity contribution in [3.8, 4) is 0 Å². The van der Waals surface area contributed by atoms with E-state index in [9.17, 15) is 4.79 Å². The molecule has 0 aliphatic rings. The van der Waals surface area contributed by atoms with Gasteiger partial charge in [0.05, 0.1) is 6.26 Å². The van der Waals surface area contributed by atoms with Crippen LogP contribution >= 0.6 is 0 Å². The number of rotatable bonds is 2. The van der Waals surface area contributed by atoms with Crippen molar-refractivity contribution in [3.63, 3.8) is 0 Å². The van der Waals surface area contributed by atoms with E-state index in [-0.39, 0.29) is 0 Å². The third kappa shape index (κ3) is 6.85. The lowest BCUT2D eigenvalue weighted by Gasteiger charge is -1.85. The van der Waals surface area contributed by atoms with E-state index >= 15 is 0 Å². The molecule has 0 fully saturated rings. The molecule has 14 heavy (non-hydrogen) atoms. The molecular formula is C12H14O2. The number of hydrogen-bond donors (Lipinski definition) is 0. The van der Waals surface area contributed by atoms with Gasteiger partial charge in [-0.3, -0.25) is 0 Å². The number of ether oxygens (including phenoxy) is 1. The van der Waals surface area contributed by atoms with Crippen molar-refractivity contribution in [2.24, 2.45) is 0 Å². The fourth-order valence-corrected chi connectivity index (χ4v) is 0.665. The quantitative estimate of drug-likeness (QED) is 0.407. The summed E-state index contributed by atoms with van der Waals surface area (Å²) in [5, 5.41) is 0. The highest BCUT2D eigenvalue weighted by atomic mass is 16.5. The Labute approximate surface area is 84.5 Å². The lowest BCUT2D eigenvalue weighted by molar-refractivity contribution is -0.132. The Hall–Kier alpha value is -1.83. The van der Waals surface area contributed by atoms with Gasteiger partial charge in [-0.25, -0.2) is 4.79 Å². The molecule has 0 amide bonds. The summed E-state index contributed by atoms with van der Waals surface area (Å²) < 4.78 is 4.20. The third-order valence-electron chi connectivity index (χ3n) is 1.31. The van der Waals surface area contributed by atoms with Gasteiger partial charge in [0.25, 0.3) is 0 Å². The maximum absolute atomic E-state index is 10.0. The lowest BCUT2D eigenvalue weighted by Crippen LogP contribution is -1.90. The van der Waals surface area contributed by atoms with Gasteiger partial charge in [0.15, 0.2) is 0 Å². The molecule has 0 saturated heterocycles. The minimum absolute atomic E-state index is 0.477. The topological polar surface area (TPSA) is 26.3 Å². The summed E-state index contributed by atoms with van der Waals surface area (Å²) >= 11 is 0. The Bertz CT molecular complexity index is 288. The van der Waals surface area contributed by atoms with E-state index in [1.165, 1.54) is 5.56 Å². The van der Waals surface area contributed by atoms with Crippen molar-refractivity contribution in [1.82, 2.24) is 0 Å². The zero-order valence-corrected chi connectivity index (χ0v) is 8.27. The van der Waals surface area contributed by atoms with E-state index < -0.39 is 5.97 Å². The molecule has 0 unspecified atom stereocenters. The van der Waals surface area contributed by atoms with Crippen molar-refractivity contribution in [3.05, 3.63) is 61.4 Å². The molecule has 0 aliphatic heterocycles. The van der Waals surface area contributed by atoms with E-state index in [0.29, 0.717) is 0 Å². The normalized spacial score (nSPS) is 7.79. The number of aryl methyl sites for hydroxylation is 1. The van der Waals surface area contributed by atoms with E-state index in [1.54, 1.807) is 0 Å². The number of carbonyl (C=O) groups is 1. The molecule has 0 radical (unpaired) electrons. The Morgan fingerprint density at radius 3 is 2.07 bits per heavy atom. The first-order chi connectivity index (χ1) is 6.70. The Morgan fingerprint density at radius 2 is 1.86 bits per heavy atom. The van der Waals surface area contributed by atoms with Gasteiger partial charge in [-0.15, -0.1) is 0 Å². The second kappa shape index (κ2) is 7.80. The van der Waals surface area contributed by atoms with Gasteiger partial charge < -0.3 is 4.74 Å². The minimum Gasteiger partial charge on any atom is -0.432 e. The number of hydrogen-bond acceptors (Lipinski definition) is 2. The van der Waals surface area contributed by atoms with Crippen molar-refractivity contribution in [1.29, 1.82) is 0 Å². The van der Waals surface area contributed by atoms with Crippen molar-refractivity contribution < 1.29 is 9.53 Å². The van der Waals surface area contributed by atoms with Gasteiger partial charge >= 0.3 is 5.97 Å². The van der Waals surface area contributed by atoms with Gasteiger partial charge in [0.2, 0.25) is 0 Å². The first kappa shape index (κ1) is 12.2. The van der Waals surface area contributed by atoms with Crippen LogP contribution in [0, 0.1) is 6.92 Å². The summed E-state index contributed by atoms with van der Waals surface area (Å²) in [6.45, 7) is 8.40. The van der Waals surface area contributed by atoms with Crippen LogP contribution in [0.1, 0.15) is 5.56 Å². The summed E-state index contributed by atoms with van der Waals surface area (Å²) in [5.41, 5.74) is 1.32. The molecule has 0 aromatic heterocycles. The zero-order chi connectivity index (χ0) is 10.8. The van der Waals surface area contributed by atoms with Gasteiger partial charge in [0, 0.05) is 6.08 Å². The SMILES string of the molecule is C=COC(=O)C=C.Cc1ccccc1. The molecule has 1 aromatic carbocycles. The minimum atomic E-state index is -0.477. The van der Waals surface area contributed by atoms with Crippen LogP contribution in [0.15, 0.2) is 55.8 Å². The van der Waals surface area contributed by atoms with Crippen molar-refractivity contribution in [2.45, 2.75) is 6.92 Å². The maximum atomic E-state index is 10.0. The van der Waals surface area contributed by atoms with E-state index in [4.69, 9.17) is 0 Å². The third-order valence-corrected chi connectivity index (χ3v) is 1.31. The highest BCUT2D eigenvalue weighted by Gasteiger charge is 1.84. The van der Waals surface area contributed by atoms with Crippen LogP contribution in [-0.4, -0.2) is 5.97 Å². The summed E-state index contributed by atoms with van der Waals surface area (Å²) in [7, 11) is 0.